The Morgan fingerprint density at radius 1 is 1.14 bits per heavy atom. The second-order valence-corrected chi connectivity index (χ2v) is 4.96. The van der Waals surface area contributed by atoms with E-state index in [9.17, 15) is 14.4 Å². The number of hydrogen-bond acceptors (Lipinski definition) is 4. The van der Waals surface area contributed by atoms with Crippen molar-refractivity contribution in [3.05, 3.63) is 29.8 Å². The van der Waals surface area contributed by atoms with Crippen LogP contribution < -0.4 is 4.90 Å². The standard InChI is InChI=1S/C15H18N2O4/c1-2-11-3-5-12(6-4-11)16-9-13(18)17(14(19)10-16)8-7-15(20)21/h3-6H,2,7-10H2,1H3,(H,20,21). The lowest BCUT2D eigenvalue weighted by Crippen LogP contribution is -2.54. The number of carboxylic acid groups (broad SMARTS) is 1. The SMILES string of the molecule is CCc1ccc(N2CC(=O)N(CCC(=O)O)C(=O)C2)cc1. The molecule has 2 amide bonds. The first-order valence-corrected chi connectivity index (χ1v) is 6.90. The van der Waals surface area contributed by atoms with Crippen molar-refractivity contribution >= 4 is 23.5 Å². The van der Waals surface area contributed by atoms with Crippen LogP contribution in [0.25, 0.3) is 0 Å². The molecule has 0 radical (unpaired) electrons. The van der Waals surface area contributed by atoms with Crippen molar-refractivity contribution < 1.29 is 19.5 Å². The number of carbonyl (C=O) groups is 3. The van der Waals surface area contributed by atoms with E-state index in [1.807, 2.05) is 24.3 Å². The number of benzene rings is 1. The van der Waals surface area contributed by atoms with Crippen LogP contribution in [0.2, 0.25) is 0 Å². The fourth-order valence-electron chi connectivity index (χ4n) is 2.27. The molecule has 6 nitrogen and oxygen atoms in total. The molecule has 1 heterocycles. The van der Waals surface area contributed by atoms with E-state index in [-0.39, 0.29) is 37.9 Å². The molecule has 1 N–H and O–H groups in total. The number of anilines is 1. The Morgan fingerprint density at radius 2 is 1.71 bits per heavy atom. The third kappa shape index (κ3) is 3.59. The van der Waals surface area contributed by atoms with E-state index in [2.05, 4.69) is 6.92 Å². The maximum Gasteiger partial charge on any atom is 0.305 e. The monoisotopic (exact) mass is 290 g/mol. The summed E-state index contributed by atoms with van der Waals surface area (Å²) in [7, 11) is 0. The number of piperazine rings is 1. The van der Waals surface area contributed by atoms with Crippen LogP contribution in [-0.4, -0.2) is 47.4 Å². The number of aliphatic carboxylic acids is 1. The molecule has 1 aliphatic heterocycles. The number of rotatable bonds is 5. The highest BCUT2D eigenvalue weighted by atomic mass is 16.4. The Hall–Kier alpha value is -2.37. The molecule has 1 fully saturated rings. The van der Waals surface area contributed by atoms with E-state index in [0.717, 1.165) is 17.0 Å². The third-order valence-electron chi connectivity index (χ3n) is 3.51. The van der Waals surface area contributed by atoms with Gasteiger partial charge in [0.15, 0.2) is 0 Å². The zero-order valence-corrected chi connectivity index (χ0v) is 11.9. The highest BCUT2D eigenvalue weighted by Crippen LogP contribution is 2.18. The van der Waals surface area contributed by atoms with Gasteiger partial charge < -0.3 is 10.0 Å². The van der Waals surface area contributed by atoms with Gasteiger partial charge in [0.1, 0.15) is 0 Å². The zero-order chi connectivity index (χ0) is 15.4. The van der Waals surface area contributed by atoms with Gasteiger partial charge in [-0.05, 0) is 24.1 Å². The van der Waals surface area contributed by atoms with Crippen LogP contribution in [0.15, 0.2) is 24.3 Å². The number of imide groups is 1. The number of nitrogens with zero attached hydrogens (tertiary/aromatic N) is 2. The lowest BCUT2D eigenvalue weighted by molar-refractivity contribution is -0.146. The first-order chi connectivity index (χ1) is 10.0. The lowest BCUT2D eigenvalue weighted by atomic mass is 10.1. The molecule has 1 aromatic rings. The minimum atomic E-state index is -1.02. The summed E-state index contributed by atoms with van der Waals surface area (Å²) in [5.74, 6) is -1.73. The molecule has 21 heavy (non-hydrogen) atoms. The van der Waals surface area contributed by atoms with Crippen LogP contribution in [0.5, 0.6) is 0 Å². The van der Waals surface area contributed by atoms with Crippen molar-refractivity contribution in [3.8, 4) is 0 Å². The highest BCUT2D eigenvalue weighted by molar-refractivity contribution is 6.03. The normalized spacial score (nSPS) is 15.5. The van der Waals surface area contributed by atoms with E-state index in [1.54, 1.807) is 4.90 Å². The maximum absolute atomic E-state index is 12.0. The van der Waals surface area contributed by atoms with Crippen molar-refractivity contribution in [2.75, 3.05) is 24.5 Å². The first kappa shape index (κ1) is 15.0. The predicted octanol–water partition coefficient (Wildman–Crippen LogP) is 0.899. The van der Waals surface area contributed by atoms with Gasteiger partial charge in [-0.1, -0.05) is 19.1 Å². The molecule has 112 valence electrons. The number of hydrogen-bond donors (Lipinski definition) is 1. The summed E-state index contributed by atoms with van der Waals surface area (Å²) in [6.45, 7) is 2.19. The van der Waals surface area contributed by atoms with E-state index in [0.29, 0.717) is 0 Å². The summed E-state index contributed by atoms with van der Waals surface area (Å²) in [6, 6.07) is 7.74. The average molecular weight is 290 g/mol. The smallest absolute Gasteiger partial charge is 0.305 e. The molecule has 0 aliphatic carbocycles. The van der Waals surface area contributed by atoms with Crippen LogP contribution >= 0.6 is 0 Å². The second-order valence-electron chi connectivity index (χ2n) is 4.96. The van der Waals surface area contributed by atoms with Gasteiger partial charge in [-0.25, -0.2) is 0 Å². The Kier molecular flexibility index (Phi) is 4.57. The summed E-state index contributed by atoms with van der Waals surface area (Å²) < 4.78 is 0. The molecule has 0 saturated carbocycles. The number of carboxylic acids is 1. The fraction of sp³-hybridized carbons (Fsp3) is 0.400. The Bertz CT molecular complexity index is 535. The molecule has 1 aliphatic rings. The van der Waals surface area contributed by atoms with Crippen LogP contribution in [0.4, 0.5) is 5.69 Å². The van der Waals surface area contributed by atoms with E-state index in [4.69, 9.17) is 5.11 Å². The van der Waals surface area contributed by atoms with Gasteiger partial charge >= 0.3 is 5.97 Å². The second kappa shape index (κ2) is 6.39. The van der Waals surface area contributed by atoms with Crippen LogP contribution in [-0.2, 0) is 20.8 Å². The fourth-order valence-corrected chi connectivity index (χ4v) is 2.27. The zero-order valence-electron chi connectivity index (χ0n) is 11.9. The minimum Gasteiger partial charge on any atom is -0.481 e. The number of amides is 2. The molecule has 0 atom stereocenters. The lowest BCUT2D eigenvalue weighted by Gasteiger charge is -2.33. The van der Waals surface area contributed by atoms with Gasteiger partial charge in [0.25, 0.3) is 0 Å². The summed E-state index contributed by atoms with van der Waals surface area (Å²) in [4.78, 5) is 37.3. The molecule has 0 bridgehead atoms. The van der Waals surface area contributed by atoms with Crippen LogP contribution in [0.3, 0.4) is 0 Å². The van der Waals surface area contributed by atoms with Crippen LogP contribution in [0.1, 0.15) is 18.9 Å². The average Bonchev–Trinajstić information content (AvgIpc) is 2.46. The van der Waals surface area contributed by atoms with Gasteiger partial charge in [-0.3, -0.25) is 19.3 Å². The number of carbonyl (C=O) groups excluding carboxylic acids is 2. The molecule has 2 rings (SSSR count). The summed E-state index contributed by atoms with van der Waals surface area (Å²) in [5, 5.41) is 8.64. The van der Waals surface area contributed by atoms with Crippen molar-refractivity contribution in [2.45, 2.75) is 19.8 Å². The summed E-state index contributed by atoms with van der Waals surface area (Å²) in [5.41, 5.74) is 2.02. The molecular weight excluding hydrogens is 272 g/mol. The molecule has 0 unspecified atom stereocenters. The Morgan fingerprint density at radius 3 is 2.19 bits per heavy atom. The van der Waals surface area contributed by atoms with E-state index in [1.165, 1.54) is 5.56 Å². The van der Waals surface area contributed by atoms with Crippen molar-refractivity contribution in [1.82, 2.24) is 4.90 Å². The molecule has 6 heteroatoms. The Labute approximate surface area is 123 Å². The van der Waals surface area contributed by atoms with Gasteiger partial charge in [-0.2, -0.15) is 0 Å². The van der Waals surface area contributed by atoms with Crippen molar-refractivity contribution in [1.29, 1.82) is 0 Å². The highest BCUT2D eigenvalue weighted by Gasteiger charge is 2.31. The summed E-state index contributed by atoms with van der Waals surface area (Å²) in [6.07, 6.45) is 0.712. The first-order valence-electron chi connectivity index (χ1n) is 6.90. The Balaban J connectivity index is 2.04. The van der Waals surface area contributed by atoms with Crippen molar-refractivity contribution in [2.24, 2.45) is 0 Å². The molecule has 0 aromatic heterocycles. The quantitative estimate of drug-likeness (QED) is 0.815. The van der Waals surface area contributed by atoms with Gasteiger partial charge in [0.2, 0.25) is 11.8 Å². The topological polar surface area (TPSA) is 77.9 Å². The molecule has 1 saturated heterocycles. The minimum absolute atomic E-state index is 0.0599. The predicted molar refractivity (Wildman–Crippen MR) is 77.0 cm³/mol. The maximum atomic E-state index is 12.0. The van der Waals surface area contributed by atoms with E-state index < -0.39 is 5.97 Å². The largest absolute Gasteiger partial charge is 0.481 e. The van der Waals surface area contributed by atoms with Crippen LogP contribution in [0, 0.1) is 0 Å². The third-order valence-corrected chi connectivity index (χ3v) is 3.51. The number of aryl methyl sites for hydroxylation is 1. The molecule has 0 spiro atoms. The van der Waals surface area contributed by atoms with Gasteiger partial charge in [-0.15, -0.1) is 0 Å². The van der Waals surface area contributed by atoms with Crippen molar-refractivity contribution in [3.63, 3.8) is 0 Å². The summed E-state index contributed by atoms with van der Waals surface area (Å²) >= 11 is 0. The van der Waals surface area contributed by atoms with Gasteiger partial charge in [0, 0.05) is 12.2 Å². The van der Waals surface area contributed by atoms with E-state index >= 15 is 0 Å². The molecular formula is C15H18N2O4. The molecule has 1 aromatic carbocycles. The van der Waals surface area contributed by atoms with Gasteiger partial charge in [0.05, 0.1) is 19.5 Å².